The summed E-state index contributed by atoms with van der Waals surface area (Å²) in [4.78, 5) is 39.6. The number of nitrogens with zero attached hydrogens (tertiary/aromatic N) is 2. The minimum absolute atomic E-state index is 0. The molecule has 1 atom stereocenters. The SMILES string of the molecule is Cl.O=C(c1ccc(N2C(=O)CCC2=O)cc1)N1CCC(C2CCCNC2)CC1. The van der Waals surface area contributed by atoms with E-state index >= 15 is 0 Å². The zero-order valence-electron chi connectivity index (χ0n) is 16.1. The molecule has 0 saturated carbocycles. The quantitative estimate of drug-likeness (QED) is 0.785. The minimum atomic E-state index is -0.168. The van der Waals surface area contributed by atoms with Crippen LogP contribution in [0, 0.1) is 11.8 Å². The molecular formula is C21H28ClN3O3. The van der Waals surface area contributed by atoms with Crippen LogP contribution in [-0.4, -0.2) is 48.8 Å². The Labute approximate surface area is 172 Å². The Morgan fingerprint density at radius 1 is 0.929 bits per heavy atom. The number of rotatable bonds is 3. The number of hydrogen-bond donors (Lipinski definition) is 1. The first-order valence-corrected chi connectivity index (χ1v) is 10.1. The van der Waals surface area contributed by atoms with Crippen LogP contribution in [0.1, 0.15) is 48.9 Å². The summed E-state index contributed by atoms with van der Waals surface area (Å²) in [5.74, 6) is 1.18. The first-order chi connectivity index (χ1) is 13.1. The summed E-state index contributed by atoms with van der Waals surface area (Å²) in [6.45, 7) is 3.88. The lowest BCUT2D eigenvalue weighted by Gasteiger charge is -2.37. The fraction of sp³-hybridized carbons (Fsp3) is 0.571. The van der Waals surface area contributed by atoms with Crippen molar-refractivity contribution in [1.29, 1.82) is 0 Å². The average molecular weight is 406 g/mol. The van der Waals surface area contributed by atoms with E-state index in [0.29, 0.717) is 11.3 Å². The largest absolute Gasteiger partial charge is 0.339 e. The Bertz CT molecular complexity index is 707. The lowest BCUT2D eigenvalue weighted by Crippen LogP contribution is -2.43. The van der Waals surface area contributed by atoms with E-state index < -0.39 is 0 Å². The van der Waals surface area contributed by atoms with Crippen molar-refractivity contribution in [3.63, 3.8) is 0 Å². The second-order valence-electron chi connectivity index (χ2n) is 7.91. The van der Waals surface area contributed by atoms with Crippen molar-refractivity contribution in [3.05, 3.63) is 29.8 Å². The highest BCUT2D eigenvalue weighted by molar-refractivity contribution is 6.19. The number of imide groups is 1. The van der Waals surface area contributed by atoms with Crippen LogP contribution in [0.2, 0.25) is 0 Å². The number of carbonyl (C=O) groups is 3. The molecular weight excluding hydrogens is 378 g/mol. The monoisotopic (exact) mass is 405 g/mol. The molecule has 0 aliphatic carbocycles. The zero-order valence-corrected chi connectivity index (χ0v) is 16.9. The van der Waals surface area contributed by atoms with Crippen LogP contribution in [0.15, 0.2) is 24.3 Å². The van der Waals surface area contributed by atoms with Crippen molar-refractivity contribution < 1.29 is 14.4 Å². The molecule has 0 spiro atoms. The van der Waals surface area contributed by atoms with Gasteiger partial charge in [0.2, 0.25) is 11.8 Å². The maximum absolute atomic E-state index is 12.8. The second kappa shape index (κ2) is 9.05. The first-order valence-electron chi connectivity index (χ1n) is 10.1. The topological polar surface area (TPSA) is 69.7 Å². The lowest BCUT2D eigenvalue weighted by atomic mass is 9.80. The van der Waals surface area contributed by atoms with Crippen LogP contribution in [0.3, 0.4) is 0 Å². The van der Waals surface area contributed by atoms with Gasteiger partial charge in [-0.15, -0.1) is 12.4 Å². The van der Waals surface area contributed by atoms with Crippen LogP contribution in [-0.2, 0) is 9.59 Å². The second-order valence-corrected chi connectivity index (χ2v) is 7.91. The molecule has 3 heterocycles. The summed E-state index contributed by atoms with van der Waals surface area (Å²) >= 11 is 0. The number of hydrogen-bond acceptors (Lipinski definition) is 4. The molecule has 0 radical (unpaired) electrons. The number of carbonyl (C=O) groups excluding carboxylic acids is 3. The van der Waals surface area contributed by atoms with Crippen LogP contribution < -0.4 is 10.2 Å². The maximum Gasteiger partial charge on any atom is 0.253 e. The molecule has 0 bridgehead atoms. The molecule has 3 fully saturated rings. The van der Waals surface area contributed by atoms with Crippen LogP contribution in [0.5, 0.6) is 0 Å². The number of halogens is 1. The van der Waals surface area contributed by atoms with E-state index in [1.165, 1.54) is 17.7 Å². The molecule has 7 heteroatoms. The number of anilines is 1. The van der Waals surface area contributed by atoms with Crippen molar-refractivity contribution in [2.75, 3.05) is 31.1 Å². The third-order valence-electron chi connectivity index (χ3n) is 6.25. The van der Waals surface area contributed by atoms with Crippen molar-refractivity contribution in [1.82, 2.24) is 10.2 Å². The van der Waals surface area contributed by atoms with Gasteiger partial charge in [0.25, 0.3) is 5.91 Å². The molecule has 3 aliphatic rings. The molecule has 1 aromatic carbocycles. The Balaban J connectivity index is 0.00000225. The Morgan fingerprint density at radius 3 is 2.14 bits per heavy atom. The van der Waals surface area contributed by atoms with Gasteiger partial charge in [-0.2, -0.15) is 0 Å². The van der Waals surface area contributed by atoms with E-state index in [0.717, 1.165) is 50.9 Å². The lowest BCUT2D eigenvalue weighted by molar-refractivity contribution is -0.121. The van der Waals surface area contributed by atoms with Gasteiger partial charge >= 0.3 is 0 Å². The molecule has 1 N–H and O–H groups in total. The Morgan fingerprint density at radius 2 is 1.57 bits per heavy atom. The van der Waals surface area contributed by atoms with Crippen LogP contribution in [0.25, 0.3) is 0 Å². The summed E-state index contributed by atoms with van der Waals surface area (Å²) in [5, 5.41) is 3.49. The fourth-order valence-electron chi connectivity index (χ4n) is 4.66. The standard InChI is InChI=1S/C21H27N3O3.ClH/c25-19-7-8-20(26)24(19)18-5-3-16(4-6-18)21(27)23-12-9-15(10-13-23)17-2-1-11-22-14-17;/h3-6,15,17,22H,1-2,7-14H2;1H. The number of amides is 3. The van der Waals surface area contributed by atoms with Gasteiger partial charge < -0.3 is 10.2 Å². The minimum Gasteiger partial charge on any atom is -0.339 e. The normalized spacial score (nSPS) is 23.6. The Kier molecular flexibility index (Phi) is 6.73. The van der Waals surface area contributed by atoms with Gasteiger partial charge in [0.15, 0.2) is 0 Å². The van der Waals surface area contributed by atoms with E-state index in [1.807, 2.05) is 4.90 Å². The summed E-state index contributed by atoms with van der Waals surface area (Å²) < 4.78 is 0. The molecule has 152 valence electrons. The number of benzene rings is 1. The summed E-state index contributed by atoms with van der Waals surface area (Å²) in [6.07, 6.45) is 5.26. The van der Waals surface area contributed by atoms with E-state index in [9.17, 15) is 14.4 Å². The van der Waals surface area contributed by atoms with Gasteiger partial charge in [-0.05, 0) is 74.9 Å². The van der Waals surface area contributed by atoms with Gasteiger partial charge in [0.05, 0.1) is 5.69 Å². The van der Waals surface area contributed by atoms with Gasteiger partial charge in [-0.25, -0.2) is 0 Å². The fourth-order valence-corrected chi connectivity index (χ4v) is 4.66. The van der Waals surface area contributed by atoms with Crippen LogP contribution >= 0.6 is 12.4 Å². The summed E-state index contributed by atoms with van der Waals surface area (Å²) in [6, 6.07) is 6.87. The molecule has 3 saturated heterocycles. The molecule has 6 nitrogen and oxygen atoms in total. The van der Waals surface area contributed by atoms with Crippen molar-refractivity contribution in [3.8, 4) is 0 Å². The van der Waals surface area contributed by atoms with Gasteiger partial charge in [0.1, 0.15) is 0 Å². The average Bonchev–Trinajstić information content (AvgIpc) is 3.06. The maximum atomic E-state index is 12.8. The van der Waals surface area contributed by atoms with E-state index in [1.54, 1.807) is 24.3 Å². The number of nitrogens with one attached hydrogen (secondary N) is 1. The van der Waals surface area contributed by atoms with E-state index in [2.05, 4.69) is 5.32 Å². The van der Waals surface area contributed by atoms with Gasteiger partial charge in [0, 0.05) is 31.5 Å². The highest BCUT2D eigenvalue weighted by Gasteiger charge is 2.31. The van der Waals surface area contributed by atoms with Gasteiger partial charge in [-0.1, -0.05) is 0 Å². The zero-order chi connectivity index (χ0) is 18.8. The molecule has 28 heavy (non-hydrogen) atoms. The van der Waals surface area contributed by atoms with Crippen molar-refractivity contribution in [2.45, 2.75) is 38.5 Å². The highest BCUT2D eigenvalue weighted by atomic mass is 35.5. The third kappa shape index (κ3) is 4.23. The molecule has 3 amide bonds. The number of piperidine rings is 2. The molecule has 1 unspecified atom stereocenters. The smallest absolute Gasteiger partial charge is 0.253 e. The summed E-state index contributed by atoms with van der Waals surface area (Å²) in [7, 11) is 0. The highest BCUT2D eigenvalue weighted by Crippen LogP contribution is 2.30. The van der Waals surface area contributed by atoms with E-state index in [-0.39, 0.29) is 43.0 Å². The molecule has 1 aromatic rings. The van der Waals surface area contributed by atoms with Crippen molar-refractivity contribution in [2.24, 2.45) is 11.8 Å². The van der Waals surface area contributed by atoms with E-state index in [4.69, 9.17) is 0 Å². The van der Waals surface area contributed by atoms with Gasteiger partial charge in [-0.3, -0.25) is 19.3 Å². The first kappa shape index (κ1) is 20.8. The number of likely N-dealkylation sites (tertiary alicyclic amines) is 1. The van der Waals surface area contributed by atoms with Crippen molar-refractivity contribution >= 4 is 35.8 Å². The molecule has 0 aromatic heterocycles. The molecule has 3 aliphatic heterocycles. The predicted octanol–water partition coefficient (Wildman–Crippen LogP) is 2.61. The van der Waals surface area contributed by atoms with Crippen LogP contribution in [0.4, 0.5) is 5.69 Å². The molecule has 4 rings (SSSR count). The predicted molar refractivity (Wildman–Crippen MR) is 110 cm³/mol. The Hall–Kier alpha value is -1.92. The third-order valence-corrected chi connectivity index (χ3v) is 6.25. The summed E-state index contributed by atoms with van der Waals surface area (Å²) in [5.41, 5.74) is 1.18.